The van der Waals surface area contributed by atoms with Crippen molar-refractivity contribution in [1.29, 1.82) is 0 Å². The number of halogens is 3. The van der Waals surface area contributed by atoms with Crippen LogP contribution in [0.15, 0.2) is 0 Å². The van der Waals surface area contributed by atoms with Crippen molar-refractivity contribution in [3.05, 3.63) is 0 Å². The molecule has 0 saturated carbocycles. The van der Waals surface area contributed by atoms with Crippen LogP contribution >= 0.6 is 0 Å². The summed E-state index contributed by atoms with van der Waals surface area (Å²) >= 11 is 0. The molecule has 1 N–H and O–H groups in total. The highest BCUT2D eigenvalue weighted by molar-refractivity contribution is 5.73. The average Bonchev–Trinajstić information content (AvgIpc) is 2.63. The van der Waals surface area contributed by atoms with Gasteiger partial charge in [-0.3, -0.25) is 9.69 Å². The summed E-state index contributed by atoms with van der Waals surface area (Å²) in [6.45, 7) is -0.0806. The molecule has 0 aromatic carbocycles. The van der Waals surface area contributed by atoms with Crippen molar-refractivity contribution >= 4 is 5.97 Å². The van der Waals surface area contributed by atoms with Gasteiger partial charge in [-0.15, -0.1) is 0 Å². The topological polar surface area (TPSA) is 49.8 Å². The minimum absolute atomic E-state index is 0.00233. The zero-order chi connectivity index (χ0) is 12.9. The first-order valence-corrected chi connectivity index (χ1v) is 5.51. The number of hydrogen-bond donors (Lipinski definition) is 1. The first-order valence-electron chi connectivity index (χ1n) is 5.51. The van der Waals surface area contributed by atoms with Crippen molar-refractivity contribution in [1.82, 2.24) is 4.90 Å². The first kappa shape index (κ1) is 14.2. The lowest BCUT2D eigenvalue weighted by molar-refractivity contribution is -0.174. The number of nitrogens with zero attached hydrogens (tertiary/aromatic N) is 1. The molecule has 0 aromatic rings. The average molecular weight is 255 g/mol. The lowest BCUT2D eigenvalue weighted by Crippen LogP contribution is -2.36. The molecule has 0 radical (unpaired) electrons. The SMILES string of the molecule is O=C(O)C1CCCN1CCCOCC(F)(F)F. The minimum Gasteiger partial charge on any atom is -0.480 e. The van der Waals surface area contributed by atoms with Gasteiger partial charge in [0.05, 0.1) is 0 Å². The van der Waals surface area contributed by atoms with Crippen LogP contribution in [0.1, 0.15) is 19.3 Å². The fourth-order valence-corrected chi connectivity index (χ4v) is 1.93. The molecule has 0 aromatic heterocycles. The largest absolute Gasteiger partial charge is 0.480 e. The van der Waals surface area contributed by atoms with E-state index >= 15 is 0 Å². The molecule has 1 aliphatic rings. The van der Waals surface area contributed by atoms with Gasteiger partial charge in [-0.2, -0.15) is 13.2 Å². The summed E-state index contributed by atoms with van der Waals surface area (Å²) in [5.74, 6) is -0.862. The number of carboxylic acid groups (broad SMARTS) is 1. The number of rotatable bonds is 6. The summed E-state index contributed by atoms with van der Waals surface area (Å²) in [4.78, 5) is 12.6. The van der Waals surface area contributed by atoms with Gasteiger partial charge in [0.25, 0.3) is 0 Å². The molecular weight excluding hydrogens is 239 g/mol. The van der Waals surface area contributed by atoms with E-state index in [0.29, 0.717) is 25.9 Å². The van der Waals surface area contributed by atoms with E-state index in [-0.39, 0.29) is 6.61 Å². The van der Waals surface area contributed by atoms with E-state index in [1.54, 1.807) is 4.90 Å². The summed E-state index contributed by atoms with van der Waals surface area (Å²) in [7, 11) is 0. The fourth-order valence-electron chi connectivity index (χ4n) is 1.93. The Labute approximate surface area is 97.3 Å². The molecule has 1 saturated heterocycles. The smallest absolute Gasteiger partial charge is 0.411 e. The van der Waals surface area contributed by atoms with Gasteiger partial charge in [0.15, 0.2) is 0 Å². The first-order chi connectivity index (χ1) is 7.90. The quantitative estimate of drug-likeness (QED) is 0.731. The van der Waals surface area contributed by atoms with Gasteiger partial charge < -0.3 is 9.84 Å². The van der Waals surface area contributed by atoms with Crippen molar-refractivity contribution < 1.29 is 27.8 Å². The lowest BCUT2D eigenvalue weighted by Gasteiger charge is -2.20. The summed E-state index contributed by atoms with van der Waals surface area (Å²) in [5, 5.41) is 8.87. The summed E-state index contributed by atoms with van der Waals surface area (Å²) in [6.07, 6.45) is -2.45. The molecule has 17 heavy (non-hydrogen) atoms. The highest BCUT2D eigenvalue weighted by atomic mass is 19.4. The van der Waals surface area contributed by atoms with Crippen LogP contribution in [0, 0.1) is 0 Å². The molecule has 4 nitrogen and oxygen atoms in total. The van der Waals surface area contributed by atoms with E-state index in [1.807, 2.05) is 0 Å². The van der Waals surface area contributed by atoms with Crippen LogP contribution in [0.5, 0.6) is 0 Å². The monoisotopic (exact) mass is 255 g/mol. The molecular formula is C10H16F3NO3. The van der Waals surface area contributed by atoms with Crippen LogP contribution in [0.2, 0.25) is 0 Å². The molecule has 1 heterocycles. The Morgan fingerprint density at radius 1 is 1.47 bits per heavy atom. The van der Waals surface area contributed by atoms with E-state index < -0.39 is 24.8 Å². The van der Waals surface area contributed by atoms with E-state index in [9.17, 15) is 18.0 Å². The Balaban J connectivity index is 2.12. The van der Waals surface area contributed by atoms with Crippen molar-refractivity contribution in [2.75, 3.05) is 26.3 Å². The van der Waals surface area contributed by atoms with Crippen LogP contribution in [0.4, 0.5) is 13.2 Å². The molecule has 1 aliphatic heterocycles. The highest BCUT2D eigenvalue weighted by Gasteiger charge is 2.30. The molecule has 0 spiro atoms. The predicted molar refractivity (Wildman–Crippen MR) is 53.7 cm³/mol. The Morgan fingerprint density at radius 3 is 2.76 bits per heavy atom. The number of likely N-dealkylation sites (tertiary alicyclic amines) is 1. The number of carboxylic acids is 1. The Hall–Kier alpha value is -0.820. The number of alkyl halides is 3. The normalized spacial score (nSPS) is 21.9. The van der Waals surface area contributed by atoms with Crippen molar-refractivity contribution in [3.63, 3.8) is 0 Å². The highest BCUT2D eigenvalue weighted by Crippen LogP contribution is 2.18. The van der Waals surface area contributed by atoms with Crippen LogP contribution in [0.3, 0.4) is 0 Å². The summed E-state index contributed by atoms with van der Waals surface area (Å²) < 4.78 is 39.7. The van der Waals surface area contributed by atoms with Crippen molar-refractivity contribution in [2.24, 2.45) is 0 Å². The standard InChI is InChI=1S/C10H16F3NO3/c11-10(12,13)7-17-6-2-5-14-4-1-3-8(14)9(15)16/h8H,1-7H2,(H,15,16). The van der Waals surface area contributed by atoms with Gasteiger partial charge in [0, 0.05) is 13.2 Å². The molecule has 0 aliphatic carbocycles. The second-order valence-electron chi connectivity index (χ2n) is 4.05. The summed E-state index contributed by atoms with van der Waals surface area (Å²) in [5.41, 5.74) is 0. The maximum atomic E-state index is 11.7. The lowest BCUT2D eigenvalue weighted by atomic mass is 10.2. The third-order valence-corrected chi connectivity index (χ3v) is 2.65. The molecule has 1 unspecified atom stereocenters. The maximum absolute atomic E-state index is 11.7. The predicted octanol–water partition coefficient (Wildman–Crippen LogP) is 1.50. The molecule has 1 atom stereocenters. The second kappa shape index (κ2) is 6.20. The van der Waals surface area contributed by atoms with E-state index in [1.165, 1.54) is 0 Å². The molecule has 1 rings (SSSR count). The van der Waals surface area contributed by atoms with E-state index in [0.717, 1.165) is 6.42 Å². The van der Waals surface area contributed by atoms with Gasteiger partial charge >= 0.3 is 12.1 Å². The fraction of sp³-hybridized carbons (Fsp3) is 0.900. The van der Waals surface area contributed by atoms with Gasteiger partial charge in [0.2, 0.25) is 0 Å². The molecule has 0 amide bonds. The van der Waals surface area contributed by atoms with Crippen molar-refractivity contribution in [3.8, 4) is 0 Å². The Morgan fingerprint density at radius 2 is 2.18 bits per heavy atom. The van der Waals surface area contributed by atoms with E-state index in [4.69, 9.17) is 5.11 Å². The molecule has 7 heteroatoms. The third kappa shape index (κ3) is 5.36. The van der Waals surface area contributed by atoms with Gasteiger partial charge in [-0.05, 0) is 25.8 Å². The van der Waals surface area contributed by atoms with E-state index in [2.05, 4.69) is 4.74 Å². The third-order valence-electron chi connectivity index (χ3n) is 2.65. The number of aliphatic carboxylic acids is 1. The maximum Gasteiger partial charge on any atom is 0.411 e. The second-order valence-corrected chi connectivity index (χ2v) is 4.05. The number of hydrogen-bond acceptors (Lipinski definition) is 3. The van der Waals surface area contributed by atoms with Gasteiger partial charge in [0.1, 0.15) is 12.6 Å². The van der Waals surface area contributed by atoms with Crippen LogP contribution in [-0.4, -0.2) is 54.5 Å². The zero-order valence-corrected chi connectivity index (χ0v) is 9.37. The minimum atomic E-state index is -4.29. The van der Waals surface area contributed by atoms with Gasteiger partial charge in [-0.1, -0.05) is 0 Å². The zero-order valence-electron chi connectivity index (χ0n) is 9.37. The summed E-state index contributed by atoms with van der Waals surface area (Å²) in [6, 6.07) is -0.488. The van der Waals surface area contributed by atoms with Gasteiger partial charge in [-0.25, -0.2) is 0 Å². The Kier molecular flexibility index (Phi) is 5.20. The number of carbonyl (C=O) groups is 1. The molecule has 100 valence electrons. The Bertz CT molecular complexity index is 258. The van der Waals surface area contributed by atoms with Crippen LogP contribution < -0.4 is 0 Å². The van der Waals surface area contributed by atoms with Crippen molar-refractivity contribution in [2.45, 2.75) is 31.5 Å². The molecule has 1 fully saturated rings. The number of ether oxygens (including phenoxy) is 1. The van der Waals surface area contributed by atoms with Crippen LogP contribution in [0.25, 0.3) is 0 Å². The molecule has 0 bridgehead atoms. The van der Waals surface area contributed by atoms with Crippen LogP contribution in [-0.2, 0) is 9.53 Å².